The number of benzene rings is 1. The molecule has 0 saturated heterocycles. The lowest BCUT2D eigenvalue weighted by molar-refractivity contribution is -0.142. The minimum atomic E-state index is -0.935. The van der Waals surface area contributed by atoms with E-state index in [0.29, 0.717) is 0 Å². The molecule has 2 N–H and O–H groups in total. The summed E-state index contributed by atoms with van der Waals surface area (Å²) in [4.78, 5) is 22.8. The summed E-state index contributed by atoms with van der Waals surface area (Å²) in [7, 11) is 0. The van der Waals surface area contributed by atoms with Crippen molar-refractivity contribution in [2.45, 2.75) is 32.2 Å². The molecule has 1 fully saturated rings. The second-order valence-electron chi connectivity index (χ2n) is 4.88. The quantitative estimate of drug-likeness (QED) is 0.829. The van der Waals surface area contributed by atoms with Gasteiger partial charge in [-0.1, -0.05) is 29.8 Å². The number of hydrogen-bond donors (Lipinski definition) is 2. The monoisotopic (exact) mass is 247 g/mol. The van der Waals surface area contributed by atoms with Gasteiger partial charge in [0.2, 0.25) is 5.91 Å². The van der Waals surface area contributed by atoms with Crippen molar-refractivity contribution in [3.63, 3.8) is 0 Å². The Morgan fingerprint density at radius 3 is 2.44 bits per heavy atom. The van der Waals surface area contributed by atoms with Gasteiger partial charge in [-0.2, -0.15) is 0 Å². The molecule has 1 saturated carbocycles. The lowest BCUT2D eigenvalue weighted by Gasteiger charge is -2.13. The summed E-state index contributed by atoms with van der Waals surface area (Å²) in [6.07, 6.45) is 2.01. The fraction of sp³-hybridized carbons (Fsp3) is 0.429. The van der Waals surface area contributed by atoms with Crippen molar-refractivity contribution in [2.75, 3.05) is 0 Å². The molecule has 0 aliphatic heterocycles. The van der Waals surface area contributed by atoms with E-state index >= 15 is 0 Å². The number of rotatable bonds is 5. The summed E-state index contributed by atoms with van der Waals surface area (Å²) in [5.74, 6) is -1.04. The third-order valence-electron chi connectivity index (χ3n) is 3.16. The highest BCUT2D eigenvalue weighted by molar-refractivity contribution is 5.85. The van der Waals surface area contributed by atoms with Crippen molar-refractivity contribution in [3.8, 4) is 0 Å². The Kier molecular flexibility index (Phi) is 3.65. The molecule has 1 amide bonds. The van der Waals surface area contributed by atoms with Crippen LogP contribution >= 0.6 is 0 Å². The van der Waals surface area contributed by atoms with Crippen LogP contribution in [0.1, 0.15) is 24.0 Å². The molecule has 1 aromatic rings. The van der Waals surface area contributed by atoms with Crippen LogP contribution in [-0.4, -0.2) is 23.0 Å². The predicted octanol–water partition coefficient (Wildman–Crippen LogP) is 1.52. The van der Waals surface area contributed by atoms with Gasteiger partial charge in [0.05, 0.1) is 6.42 Å². The lowest BCUT2D eigenvalue weighted by atomic mass is 10.1. The van der Waals surface area contributed by atoms with E-state index in [0.717, 1.165) is 24.0 Å². The first-order valence-electron chi connectivity index (χ1n) is 6.14. The molecule has 0 aromatic heterocycles. The van der Waals surface area contributed by atoms with Gasteiger partial charge in [-0.05, 0) is 31.2 Å². The number of carboxylic acids is 1. The second-order valence-corrected chi connectivity index (χ2v) is 4.88. The van der Waals surface area contributed by atoms with Crippen LogP contribution in [0.2, 0.25) is 0 Å². The Morgan fingerprint density at radius 2 is 1.94 bits per heavy atom. The van der Waals surface area contributed by atoms with Gasteiger partial charge < -0.3 is 10.4 Å². The summed E-state index contributed by atoms with van der Waals surface area (Å²) in [5.41, 5.74) is 2.04. The van der Waals surface area contributed by atoms with Crippen LogP contribution in [0.15, 0.2) is 24.3 Å². The zero-order valence-electron chi connectivity index (χ0n) is 10.3. The number of aryl methyl sites for hydroxylation is 1. The van der Waals surface area contributed by atoms with Crippen LogP contribution in [-0.2, 0) is 16.0 Å². The molecule has 1 unspecified atom stereocenters. The molecule has 1 aliphatic rings. The van der Waals surface area contributed by atoms with E-state index in [-0.39, 0.29) is 18.2 Å². The number of carboxylic acid groups (broad SMARTS) is 1. The predicted molar refractivity (Wildman–Crippen MR) is 67.2 cm³/mol. The molecule has 2 rings (SSSR count). The van der Waals surface area contributed by atoms with E-state index < -0.39 is 12.0 Å². The molecule has 4 heteroatoms. The van der Waals surface area contributed by atoms with E-state index in [2.05, 4.69) is 5.32 Å². The standard InChI is InChI=1S/C14H17NO3/c1-9-2-4-10(5-3-9)8-12(16)15-13(14(17)18)11-6-7-11/h2-5,11,13H,6-8H2,1H3,(H,15,16)(H,17,18). The van der Waals surface area contributed by atoms with Crippen LogP contribution in [0, 0.1) is 12.8 Å². The van der Waals surface area contributed by atoms with Gasteiger partial charge in [-0.3, -0.25) is 4.79 Å². The molecule has 18 heavy (non-hydrogen) atoms. The third kappa shape index (κ3) is 3.32. The molecule has 96 valence electrons. The Hall–Kier alpha value is -1.84. The average molecular weight is 247 g/mol. The van der Waals surface area contributed by atoms with E-state index in [1.165, 1.54) is 0 Å². The van der Waals surface area contributed by atoms with Crippen LogP contribution in [0.25, 0.3) is 0 Å². The average Bonchev–Trinajstić information content (AvgIpc) is 3.13. The topological polar surface area (TPSA) is 66.4 Å². The Morgan fingerprint density at radius 1 is 1.33 bits per heavy atom. The minimum absolute atomic E-state index is 0.115. The van der Waals surface area contributed by atoms with Crippen molar-refractivity contribution in [3.05, 3.63) is 35.4 Å². The number of hydrogen-bond acceptors (Lipinski definition) is 2. The number of nitrogens with one attached hydrogen (secondary N) is 1. The molecule has 0 radical (unpaired) electrons. The van der Waals surface area contributed by atoms with Crippen LogP contribution in [0.5, 0.6) is 0 Å². The Balaban J connectivity index is 1.91. The number of carbonyl (C=O) groups excluding carboxylic acids is 1. The Labute approximate surface area is 106 Å². The molecular weight excluding hydrogens is 230 g/mol. The highest BCUT2D eigenvalue weighted by Crippen LogP contribution is 2.32. The number of carbonyl (C=O) groups is 2. The summed E-state index contributed by atoms with van der Waals surface area (Å²) in [6.45, 7) is 1.98. The van der Waals surface area contributed by atoms with Gasteiger partial charge in [0.15, 0.2) is 0 Å². The molecule has 1 aliphatic carbocycles. The van der Waals surface area contributed by atoms with E-state index in [1.807, 2.05) is 31.2 Å². The largest absolute Gasteiger partial charge is 0.480 e. The highest BCUT2D eigenvalue weighted by atomic mass is 16.4. The van der Waals surface area contributed by atoms with Crippen LogP contribution in [0.3, 0.4) is 0 Å². The maximum Gasteiger partial charge on any atom is 0.326 e. The van der Waals surface area contributed by atoms with Gasteiger partial charge in [-0.15, -0.1) is 0 Å². The fourth-order valence-corrected chi connectivity index (χ4v) is 1.93. The van der Waals surface area contributed by atoms with E-state index in [9.17, 15) is 9.59 Å². The maximum absolute atomic E-state index is 11.8. The maximum atomic E-state index is 11.8. The first kappa shape index (κ1) is 12.6. The number of aliphatic carboxylic acids is 1. The van der Waals surface area contributed by atoms with Crippen LogP contribution < -0.4 is 5.32 Å². The molecule has 1 atom stereocenters. The first-order valence-corrected chi connectivity index (χ1v) is 6.14. The second kappa shape index (κ2) is 5.21. The smallest absolute Gasteiger partial charge is 0.326 e. The third-order valence-corrected chi connectivity index (χ3v) is 3.16. The van der Waals surface area contributed by atoms with Crippen molar-refractivity contribution >= 4 is 11.9 Å². The SMILES string of the molecule is Cc1ccc(CC(=O)NC(C(=O)O)C2CC2)cc1. The summed E-state index contributed by atoms with van der Waals surface area (Å²) < 4.78 is 0. The van der Waals surface area contributed by atoms with Gasteiger partial charge in [0, 0.05) is 0 Å². The summed E-state index contributed by atoms with van der Waals surface area (Å²) >= 11 is 0. The Bertz CT molecular complexity index is 449. The minimum Gasteiger partial charge on any atom is -0.480 e. The first-order chi connectivity index (χ1) is 8.56. The molecular formula is C14H17NO3. The summed E-state index contributed by atoms with van der Waals surface area (Å²) in [6, 6.07) is 6.95. The zero-order valence-corrected chi connectivity index (χ0v) is 10.3. The molecule has 0 bridgehead atoms. The zero-order chi connectivity index (χ0) is 13.1. The van der Waals surface area contributed by atoms with Crippen molar-refractivity contribution in [2.24, 2.45) is 5.92 Å². The molecule has 0 heterocycles. The highest BCUT2D eigenvalue weighted by Gasteiger charge is 2.37. The van der Waals surface area contributed by atoms with Gasteiger partial charge in [0.1, 0.15) is 6.04 Å². The van der Waals surface area contributed by atoms with Gasteiger partial charge >= 0.3 is 5.97 Å². The van der Waals surface area contributed by atoms with E-state index in [4.69, 9.17) is 5.11 Å². The molecule has 4 nitrogen and oxygen atoms in total. The normalized spacial score (nSPS) is 16.1. The van der Waals surface area contributed by atoms with Crippen molar-refractivity contribution < 1.29 is 14.7 Å². The lowest BCUT2D eigenvalue weighted by Crippen LogP contribution is -2.43. The molecule has 1 aromatic carbocycles. The van der Waals surface area contributed by atoms with Crippen molar-refractivity contribution in [1.82, 2.24) is 5.32 Å². The van der Waals surface area contributed by atoms with Crippen molar-refractivity contribution in [1.29, 1.82) is 0 Å². The number of amides is 1. The summed E-state index contributed by atoms with van der Waals surface area (Å²) in [5, 5.41) is 11.6. The van der Waals surface area contributed by atoms with Gasteiger partial charge in [-0.25, -0.2) is 4.79 Å². The fourth-order valence-electron chi connectivity index (χ4n) is 1.93. The van der Waals surface area contributed by atoms with E-state index in [1.54, 1.807) is 0 Å². The van der Waals surface area contributed by atoms with Gasteiger partial charge in [0.25, 0.3) is 0 Å². The molecule has 0 spiro atoms. The van der Waals surface area contributed by atoms with Crippen LogP contribution in [0.4, 0.5) is 0 Å².